The zero-order valence-corrected chi connectivity index (χ0v) is 16.1. The van der Waals surface area contributed by atoms with Gasteiger partial charge in [0.25, 0.3) is 0 Å². The molecular formula is C20H26F3N3O3. The molecule has 160 valence electrons. The van der Waals surface area contributed by atoms with Gasteiger partial charge >= 0.3 is 12.4 Å². The average molecular weight is 413 g/mol. The van der Waals surface area contributed by atoms with Crippen LogP contribution in [0.2, 0.25) is 0 Å². The van der Waals surface area contributed by atoms with Crippen molar-refractivity contribution < 1.29 is 27.8 Å². The molecule has 3 heterocycles. The lowest BCUT2D eigenvalue weighted by Gasteiger charge is -2.40. The van der Waals surface area contributed by atoms with Crippen molar-refractivity contribution in [2.45, 2.75) is 69.1 Å². The number of aliphatic hydroxyl groups excluding tert-OH is 1. The second kappa shape index (κ2) is 7.93. The number of carbonyl (C=O) groups excluding carboxylic acids is 1. The number of benzene rings is 1. The standard InChI is InChI=1S/C20H26F3N3O3/c21-20(22,23)29-18-7-5-14(6-8-18)25-9-1-2-13(12-25)24-19(28)26-15-3-4-16(26)11-17(27)10-15/h5-8,13,15-17,27H,1-4,9-12H2,(H,24,28)/t13-,15-,16+,17?/m0/s1. The molecule has 1 aromatic carbocycles. The van der Waals surface area contributed by atoms with Crippen molar-refractivity contribution in [3.05, 3.63) is 24.3 Å². The number of aliphatic hydroxyl groups is 1. The molecule has 3 saturated heterocycles. The number of fused-ring (bicyclic) bond motifs is 2. The molecule has 0 saturated carbocycles. The number of hydrogen-bond donors (Lipinski definition) is 2. The minimum absolute atomic E-state index is 0.0198. The zero-order chi connectivity index (χ0) is 20.6. The van der Waals surface area contributed by atoms with E-state index >= 15 is 0 Å². The summed E-state index contributed by atoms with van der Waals surface area (Å²) in [5.41, 5.74) is 0.805. The number of halogens is 3. The van der Waals surface area contributed by atoms with Crippen LogP contribution in [0.3, 0.4) is 0 Å². The van der Waals surface area contributed by atoms with Gasteiger partial charge in [-0.25, -0.2) is 4.79 Å². The quantitative estimate of drug-likeness (QED) is 0.799. The molecule has 0 spiro atoms. The number of anilines is 1. The van der Waals surface area contributed by atoms with Crippen molar-refractivity contribution in [3.63, 3.8) is 0 Å². The second-order valence-electron chi connectivity index (χ2n) is 8.19. The van der Waals surface area contributed by atoms with Crippen molar-refractivity contribution in [2.75, 3.05) is 18.0 Å². The van der Waals surface area contributed by atoms with Crippen LogP contribution < -0.4 is 15.0 Å². The maximum Gasteiger partial charge on any atom is 0.573 e. The van der Waals surface area contributed by atoms with Crippen LogP contribution in [-0.4, -0.2) is 59.7 Å². The van der Waals surface area contributed by atoms with E-state index < -0.39 is 6.36 Å². The van der Waals surface area contributed by atoms with E-state index in [0.717, 1.165) is 37.9 Å². The number of carbonyl (C=O) groups is 1. The number of nitrogens with one attached hydrogen (secondary N) is 1. The monoisotopic (exact) mass is 413 g/mol. The van der Waals surface area contributed by atoms with Crippen molar-refractivity contribution >= 4 is 11.7 Å². The molecule has 4 atom stereocenters. The second-order valence-corrected chi connectivity index (χ2v) is 8.19. The van der Waals surface area contributed by atoms with E-state index in [4.69, 9.17) is 0 Å². The summed E-state index contributed by atoms with van der Waals surface area (Å²) in [4.78, 5) is 16.8. The summed E-state index contributed by atoms with van der Waals surface area (Å²) in [5.74, 6) is -0.245. The Labute approximate surface area is 167 Å². The van der Waals surface area contributed by atoms with Gasteiger partial charge in [-0.2, -0.15) is 0 Å². The molecule has 3 aliphatic heterocycles. The smallest absolute Gasteiger partial charge is 0.406 e. The highest BCUT2D eigenvalue weighted by Gasteiger charge is 2.43. The predicted molar refractivity (Wildman–Crippen MR) is 101 cm³/mol. The van der Waals surface area contributed by atoms with Gasteiger partial charge in [0.15, 0.2) is 0 Å². The molecule has 0 aliphatic carbocycles. The van der Waals surface area contributed by atoms with Gasteiger partial charge in [0.2, 0.25) is 0 Å². The Bertz CT molecular complexity index is 714. The molecule has 2 amide bonds. The molecule has 4 rings (SSSR count). The number of nitrogens with zero attached hydrogens (tertiary/aromatic N) is 2. The van der Waals surface area contributed by atoms with Crippen LogP contribution in [0.1, 0.15) is 38.5 Å². The highest BCUT2D eigenvalue weighted by atomic mass is 19.4. The van der Waals surface area contributed by atoms with Gasteiger partial charge in [0.05, 0.1) is 6.10 Å². The summed E-state index contributed by atoms with van der Waals surface area (Å²) in [6.07, 6.45) is -0.0884. The van der Waals surface area contributed by atoms with Crippen LogP contribution in [0.4, 0.5) is 23.7 Å². The molecule has 1 unspecified atom stereocenters. The Morgan fingerprint density at radius 3 is 2.38 bits per heavy atom. The van der Waals surface area contributed by atoms with Crippen LogP contribution in [0.5, 0.6) is 5.75 Å². The maximum atomic E-state index is 12.8. The first kappa shape index (κ1) is 20.1. The number of amides is 2. The van der Waals surface area contributed by atoms with Crippen molar-refractivity contribution in [1.29, 1.82) is 0 Å². The molecule has 3 aliphatic rings. The van der Waals surface area contributed by atoms with Crippen LogP contribution in [0.25, 0.3) is 0 Å². The Kier molecular flexibility index (Phi) is 5.50. The number of piperidine rings is 2. The molecule has 3 fully saturated rings. The van der Waals surface area contributed by atoms with E-state index in [1.807, 2.05) is 4.90 Å². The minimum atomic E-state index is -4.70. The van der Waals surface area contributed by atoms with E-state index in [0.29, 0.717) is 19.4 Å². The summed E-state index contributed by atoms with van der Waals surface area (Å²) in [7, 11) is 0. The highest BCUT2D eigenvalue weighted by Crippen LogP contribution is 2.36. The minimum Gasteiger partial charge on any atom is -0.406 e. The molecule has 2 N–H and O–H groups in total. The van der Waals surface area contributed by atoms with E-state index in [2.05, 4.69) is 15.0 Å². The van der Waals surface area contributed by atoms with Crippen LogP contribution in [0, 0.1) is 0 Å². The molecule has 9 heteroatoms. The Morgan fingerprint density at radius 2 is 1.76 bits per heavy atom. The summed E-state index contributed by atoms with van der Waals surface area (Å²) >= 11 is 0. The largest absolute Gasteiger partial charge is 0.573 e. The zero-order valence-electron chi connectivity index (χ0n) is 16.1. The molecule has 29 heavy (non-hydrogen) atoms. The first-order valence-electron chi connectivity index (χ1n) is 10.2. The number of hydrogen-bond acceptors (Lipinski definition) is 4. The first-order chi connectivity index (χ1) is 13.8. The Hall–Kier alpha value is -2.16. The summed E-state index contributed by atoms with van der Waals surface area (Å²) < 4.78 is 40.9. The van der Waals surface area contributed by atoms with Gasteiger partial charge in [0, 0.05) is 36.9 Å². The molecular weight excluding hydrogens is 387 g/mol. The third-order valence-electron chi connectivity index (χ3n) is 6.13. The maximum absolute atomic E-state index is 12.8. The summed E-state index contributed by atoms with van der Waals surface area (Å²) in [5, 5.41) is 13.1. The number of alkyl halides is 3. The molecule has 2 bridgehead atoms. The topological polar surface area (TPSA) is 65.0 Å². The highest BCUT2D eigenvalue weighted by molar-refractivity contribution is 5.76. The van der Waals surface area contributed by atoms with Crippen molar-refractivity contribution in [2.24, 2.45) is 0 Å². The lowest BCUT2D eigenvalue weighted by molar-refractivity contribution is -0.274. The van der Waals surface area contributed by atoms with Crippen LogP contribution in [-0.2, 0) is 0 Å². The Morgan fingerprint density at radius 1 is 1.10 bits per heavy atom. The molecule has 1 aromatic rings. The lowest BCUT2D eigenvalue weighted by atomic mass is 10.00. The van der Waals surface area contributed by atoms with E-state index in [9.17, 15) is 23.1 Å². The van der Waals surface area contributed by atoms with Gasteiger partial charge in [-0.3, -0.25) is 0 Å². The van der Waals surface area contributed by atoms with E-state index in [1.54, 1.807) is 12.1 Å². The fourth-order valence-corrected chi connectivity index (χ4v) is 4.92. The van der Waals surface area contributed by atoms with Crippen LogP contribution in [0.15, 0.2) is 24.3 Å². The summed E-state index contributed by atoms with van der Waals surface area (Å²) in [6, 6.07) is 5.98. The molecule has 0 radical (unpaired) electrons. The average Bonchev–Trinajstić information content (AvgIpc) is 2.93. The lowest BCUT2D eigenvalue weighted by Crippen LogP contribution is -2.56. The fraction of sp³-hybridized carbons (Fsp3) is 0.650. The number of ether oxygens (including phenoxy) is 1. The third kappa shape index (κ3) is 4.71. The first-order valence-corrected chi connectivity index (χ1v) is 10.2. The van der Waals surface area contributed by atoms with Gasteiger partial charge < -0.3 is 25.0 Å². The van der Waals surface area contributed by atoms with E-state index in [-0.39, 0.29) is 36.0 Å². The SMILES string of the molecule is O=C(N[C@H]1CCCN(c2ccc(OC(F)(F)F)cc2)C1)N1[C@@H]2CC[C@H]1CC(O)C2. The Balaban J connectivity index is 1.34. The number of rotatable bonds is 3. The van der Waals surface area contributed by atoms with Gasteiger partial charge in [-0.1, -0.05) is 0 Å². The van der Waals surface area contributed by atoms with Gasteiger partial charge in [0.1, 0.15) is 5.75 Å². The van der Waals surface area contributed by atoms with Crippen LogP contribution >= 0.6 is 0 Å². The third-order valence-corrected chi connectivity index (χ3v) is 6.13. The molecule has 6 nitrogen and oxygen atoms in total. The van der Waals surface area contributed by atoms with Crippen molar-refractivity contribution in [3.8, 4) is 5.75 Å². The van der Waals surface area contributed by atoms with Gasteiger partial charge in [-0.15, -0.1) is 13.2 Å². The van der Waals surface area contributed by atoms with E-state index in [1.165, 1.54) is 12.1 Å². The predicted octanol–water partition coefficient (Wildman–Crippen LogP) is 3.25. The van der Waals surface area contributed by atoms with Crippen molar-refractivity contribution in [1.82, 2.24) is 10.2 Å². The normalized spacial score (nSPS) is 29.7. The van der Waals surface area contributed by atoms with Gasteiger partial charge in [-0.05, 0) is 62.8 Å². The fourth-order valence-electron chi connectivity index (χ4n) is 4.92. The number of urea groups is 1. The molecule has 0 aromatic heterocycles. The summed E-state index contributed by atoms with van der Waals surface area (Å²) in [6.45, 7) is 1.39.